The molecule has 134 valence electrons. The predicted octanol–water partition coefficient (Wildman–Crippen LogP) is 2.31. The van der Waals surface area contributed by atoms with Crippen LogP contribution in [0.4, 0.5) is 10.4 Å². The van der Waals surface area contributed by atoms with E-state index in [1.807, 2.05) is 13.8 Å². The van der Waals surface area contributed by atoms with Crippen LogP contribution in [0.25, 0.3) is 11.5 Å². The number of hydrogen-bond acceptors (Lipinski definition) is 6. The van der Waals surface area contributed by atoms with Crippen LogP contribution in [0.3, 0.4) is 0 Å². The van der Waals surface area contributed by atoms with Gasteiger partial charge in [-0.15, -0.1) is 5.10 Å². The molecule has 3 atom stereocenters. The van der Waals surface area contributed by atoms with Crippen molar-refractivity contribution in [2.75, 3.05) is 18.5 Å². The number of aromatic nitrogens is 2. The second-order valence-electron chi connectivity index (χ2n) is 6.01. The largest absolute Gasteiger partial charge is 0.403 e. The summed E-state index contributed by atoms with van der Waals surface area (Å²) in [5.41, 5.74) is 0.608. The fraction of sp³-hybridized carbons (Fsp3) is 0.471. The van der Waals surface area contributed by atoms with Crippen molar-refractivity contribution in [3.63, 3.8) is 0 Å². The van der Waals surface area contributed by atoms with Crippen molar-refractivity contribution in [3.8, 4) is 11.5 Å². The van der Waals surface area contributed by atoms with Crippen LogP contribution in [-0.2, 0) is 9.53 Å². The van der Waals surface area contributed by atoms with Crippen LogP contribution in [-0.4, -0.2) is 52.3 Å². The highest BCUT2D eigenvalue weighted by Crippen LogP contribution is 2.24. The highest BCUT2D eigenvalue weighted by molar-refractivity contribution is 5.84. The molecule has 1 aliphatic rings. The van der Waals surface area contributed by atoms with Crippen molar-refractivity contribution in [3.05, 3.63) is 30.1 Å². The molecule has 25 heavy (non-hydrogen) atoms. The number of amides is 1. The topological polar surface area (TPSA) is 80.5 Å². The van der Waals surface area contributed by atoms with Gasteiger partial charge in [0.1, 0.15) is 11.9 Å². The average Bonchev–Trinajstić information content (AvgIpc) is 3.06. The fourth-order valence-corrected chi connectivity index (χ4v) is 2.76. The standard InChI is InChI=1S/C17H21FN4O3/c1-4-24-14-9-22(11(14)3)16(23)10(2)19-17-21-20-15(25-17)12-5-7-13(18)8-6-12/h5-8,10-11,14H,4,9H2,1-3H3,(H,19,21)/t10-,11+,14+/m1/s1. The number of hydrogen-bond donors (Lipinski definition) is 1. The molecule has 8 heteroatoms. The molecule has 0 unspecified atom stereocenters. The summed E-state index contributed by atoms with van der Waals surface area (Å²) in [5.74, 6) is -0.129. The normalized spacial score (nSPS) is 20.9. The summed E-state index contributed by atoms with van der Waals surface area (Å²) in [7, 11) is 0. The van der Waals surface area contributed by atoms with Gasteiger partial charge in [0, 0.05) is 18.7 Å². The van der Waals surface area contributed by atoms with Gasteiger partial charge in [0.25, 0.3) is 0 Å². The van der Waals surface area contributed by atoms with Crippen LogP contribution in [0, 0.1) is 5.82 Å². The first-order chi connectivity index (χ1) is 12.0. The molecule has 1 amide bonds. The van der Waals surface area contributed by atoms with Crippen molar-refractivity contribution in [2.24, 2.45) is 0 Å². The van der Waals surface area contributed by atoms with Gasteiger partial charge in [-0.2, -0.15) is 0 Å². The zero-order chi connectivity index (χ0) is 18.0. The molecular formula is C17H21FN4O3. The van der Waals surface area contributed by atoms with E-state index in [9.17, 15) is 9.18 Å². The fourth-order valence-electron chi connectivity index (χ4n) is 2.76. The first kappa shape index (κ1) is 17.3. The number of halogens is 1. The predicted molar refractivity (Wildman–Crippen MR) is 89.4 cm³/mol. The van der Waals surface area contributed by atoms with Crippen molar-refractivity contribution in [2.45, 2.75) is 39.0 Å². The third kappa shape index (κ3) is 3.63. The van der Waals surface area contributed by atoms with Crippen molar-refractivity contribution >= 4 is 11.9 Å². The highest BCUT2D eigenvalue weighted by atomic mass is 19.1. The molecule has 0 bridgehead atoms. The van der Waals surface area contributed by atoms with Gasteiger partial charge in [-0.3, -0.25) is 4.79 Å². The van der Waals surface area contributed by atoms with E-state index in [-0.39, 0.29) is 35.8 Å². The molecule has 2 aromatic rings. The summed E-state index contributed by atoms with van der Waals surface area (Å²) >= 11 is 0. The maximum atomic E-state index is 13.0. The van der Waals surface area contributed by atoms with E-state index in [1.165, 1.54) is 12.1 Å². The molecule has 1 aliphatic heterocycles. The van der Waals surface area contributed by atoms with Crippen molar-refractivity contribution in [1.82, 2.24) is 15.1 Å². The number of nitrogens with one attached hydrogen (secondary N) is 1. The van der Waals surface area contributed by atoms with Crippen LogP contribution in [0.1, 0.15) is 20.8 Å². The lowest BCUT2D eigenvalue weighted by Gasteiger charge is -2.46. The summed E-state index contributed by atoms with van der Waals surface area (Å²) in [4.78, 5) is 14.2. The van der Waals surface area contributed by atoms with E-state index in [1.54, 1.807) is 24.0 Å². The number of anilines is 1. The zero-order valence-corrected chi connectivity index (χ0v) is 14.4. The van der Waals surface area contributed by atoms with E-state index in [0.29, 0.717) is 18.7 Å². The third-order valence-corrected chi connectivity index (χ3v) is 4.30. The van der Waals surface area contributed by atoms with E-state index >= 15 is 0 Å². The Kier molecular flexibility index (Phi) is 4.98. The molecule has 1 aromatic carbocycles. The number of ether oxygens (including phenoxy) is 1. The van der Waals surface area contributed by atoms with Crippen LogP contribution in [0.2, 0.25) is 0 Å². The van der Waals surface area contributed by atoms with E-state index in [4.69, 9.17) is 9.15 Å². The Morgan fingerprint density at radius 2 is 2.16 bits per heavy atom. The minimum Gasteiger partial charge on any atom is -0.403 e. The van der Waals surface area contributed by atoms with Crippen LogP contribution in [0.15, 0.2) is 28.7 Å². The molecule has 7 nitrogen and oxygen atoms in total. The Morgan fingerprint density at radius 3 is 2.80 bits per heavy atom. The highest BCUT2D eigenvalue weighted by Gasteiger charge is 2.40. The zero-order valence-electron chi connectivity index (χ0n) is 14.4. The Morgan fingerprint density at radius 1 is 1.44 bits per heavy atom. The van der Waals surface area contributed by atoms with Gasteiger partial charge in [-0.25, -0.2) is 4.39 Å². The van der Waals surface area contributed by atoms with Gasteiger partial charge in [0.15, 0.2) is 0 Å². The third-order valence-electron chi connectivity index (χ3n) is 4.30. The second-order valence-corrected chi connectivity index (χ2v) is 6.01. The van der Waals surface area contributed by atoms with Gasteiger partial charge >= 0.3 is 6.01 Å². The van der Waals surface area contributed by atoms with Gasteiger partial charge in [0.05, 0.1) is 12.1 Å². The lowest BCUT2D eigenvalue weighted by Crippen LogP contribution is -2.64. The lowest BCUT2D eigenvalue weighted by molar-refractivity contribution is -0.155. The second kappa shape index (κ2) is 7.18. The Balaban J connectivity index is 1.59. The molecule has 0 aliphatic carbocycles. The molecule has 3 rings (SSSR count). The minimum atomic E-state index is -0.508. The number of nitrogens with zero attached hydrogens (tertiary/aromatic N) is 3. The number of rotatable bonds is 6. The smallest absolute Gasteiger partial charge is 0.316 e. The van der Waals surface area contributed by atoms with Gasteiger partial charge < -0.3 is 19.4 Å². The first-order valence-corrected chi connectivity index (χ1v) is 8.27. The summed E-state index contributed by atoms with van der Waals surface area (Å²) in [6.07, 6.45) is 0.0923. The number of likely N-dealkylation sites (tertiary alicyclic amines) is 1. The van der Waals surface area contributed by atoms with Crippen LogP contribution >= 0.6 is 0 Å². The first-order valence-electron chi connectivity index (χ1n) is 8.27. The quantitative estimate of drug-likeness (QED) is 0.863. The molecule has 0 saturated carbocycles. The molecule has 0 spiro atoms. The molecule has 1 saturated heterocycles. The maximum absolute atomic E-state index is 13.0. The Hall–Kier alpha value is -2.48. The van der Waals surface area contributed by atoms with Crippen LogP contribution < -0.4 is 5.32 Å². The molecule has 2 heterocycles. The number of carbonyl (C=O) groups is 1. The van der Waals surface area contributed by atoms with Gasteiger partial charge in [-0.05, 0) is 45.0 Å². The van der Waals surface area contributed by atoms with Gasteiger partial charge in [0.2, 0.25) is 11.8 Å². The van der Waals surface area contributed by atoms with E-state index in [2.05, 4.69) is 15.5 Å². The summed E-state index contributed by atoms with van der Waals surface area (Å²) in [5, 5.41) is 10.7. The molecule has 0 radical (unpaired) electrons. The average molecular weight is 348 g/mol. The summed E-state index contributed by atoms with van der Waals surface area (Å²) in [6.45, 7) is 6.87. The van der Waals surface area contributed by atoms with Crippen LogP contribution in [0.5, 0.6) is 0 Å². The molecule has 1 N–H and O–H groups in total. The van der Waals surface area contributed by atoms with Crippen molar-refractivity contribution in [1.29, 1.82) is 0 Å². The SMILES string of the molecule is CCO[C@H]1CN(C(=O)[C@@H](C)Nc2nnc(-c3ccc(F)cc3)o2)[C@H]1C. The lowest BCUT2D eigenvalue weighted by atomic mass is 10.00. The molecule has 1 fully saturated rings. The van der Waals surface area contributed by atoms with E-state index in [0.717, 1.165) is 0 Å². The summed E-state index contributed by atoms with van der Waals surface area (Å²) < 4.78 is 24.0. The van der Waals surface area contributed by atoms with Gasteiger partial charge in [-0.1, -0.05) is 5.10 Å². The maximum Gasteiger partial charge on any atom is 0.316 e. The minimum absolute atomic E-state index is 0.0501. The Labute approximate surface area is 145 Å². The van der Waals surface area contributed by atoms with Crippen molar-refractivity contribution < 1.29 is 18.3 Å². The summed E-state index contributed by atoms with van der Waals surface area (Å²) in [6, 6.07) is 5.43. The number of benzene rings is 1. The molecule has 1 aromatic heterocycles. The number of carbonyl (C=O) groups excluding carboxylic acids is 1. The monoisotopic (exact) mass is 348 g/mol. The van der Waals surface area contributed by atoms with E-state index < -0.39 is 6.04 Å². The Bertz CT molecular complexity index is 734. The molecular weight excluding hydrogens is 327 g/mol.